The Kier molecular flexibility index (Phi) is 2.83. The summed E-state index contributed by atoms with van der Waals surface area (Å²) in [6.07, 6.45) is 0.334. The van der Waals surface area contributed by atoms with Gasteiger partial charge in [0.15, 0.2) is 0 Å². The Bertz CT molecular complexity index is 415. The van der Waals surface area contributed by atoms with Gasteiger partial charge in [0.2, 0.25) is 0 Å². The van der Waals surface area contributed by atoms with Gasteiger partial charge in [-0.05, 0) is 31.0 Å². The van der Waals surface area contributed by atoms with Gasteiger partial charge in [-0.3, -0.25) is 4.79 Å². The van der Waals surface area contributed by atoms with Crippen LogP contribution in [0.15, 0.2) is 18.2 Å². The maximum atomic E-state index is 12.1. The van der Waals surface area contributed by atoms with Crippen LogP contribution in [0.1, 0.15) is 22.8 Å². The van der Waals surface area contributed by atoms with Crippen LogP contribution in [-0.2, 0) is 6.42 Å². The number of hydrogen-bond acceptors (Lipinski definition) is 3. The number of fused-ring (bicyclic) bond motifs is 1. The largest absolute Gasteiger partial charge is 0.399 e. The van der Waals surface area contributed by atoms with Gasteiger partial charge in [-0.15, -0.1) is 0 Å². The van der Waals surface area contributed by atoms with Crippen LogP contribution in [0, 0.1) is 0 Å². The van der Waals surface area contributed by atoms with Crippen molar-refractivity contribution in [1.29, 1.82) is 0 Å². The Morgan fingerprint density at radius 2 is 2.31 bits per heavy atom. The highest BCUT2D eigenvalue weighted by molar-refractivity contribution is 5.97. The molecule has 0 spiro atoms. The second kappa shape index (κ2) is 4.14. The number of amides is 1. The summed E-state index contributed by atoms with van der Waals surface area (Å²) in [5.74, 6) is -0.0329. The van der Waals surface area contributed by atoms with Crippen molar-refractivity contribution in [3.8, 4) is 0 Å². The topological polar surface area (TPSA) is 66.6 Å². The predicted octanol–water partition coefficient (Wildman–Crippen LogP) is 0.648. The predicted molar refractivity (Wildman–Crippen MR) is 62.1 cm³/mol. The van der Waals surface area contributed by atoms with E-state index in [1.165, 1.54) is 0 Å². The van der Waals surface area contributed by atoms with E-state index in [-0.39, 0.29) is 5.91 Å². The lowest BCUT2D eigenvalue weighted by atomic mass is 9.98. The summed E-state index contributed by atoms with van der Waals surface area (Å²) in [4.78, 5) is 13.7. The monoisotopic (exact) mass is 220 g/mol. The molecule has 1 aromatic rings. The fourth-order valence-electron chi connectivity index (χ4n) is 2.03. The molecule has 0 saturated heterocycles. The van der Waals surface area contributed by atoms with Crippen LogP contribution in [-0.4, -0.2) is 35.1 Å². The number of benzene rings is 1. The number of nitrogen functional groups attached to an aromatic ring is 1. The minimum Gasteiger partial charge on any atom is -0.399 e. The highest BCUT2D eigenvalue weighted by Gasteiger charge is 2.24. The molecule has 0 aliphatic carbocycles. The van der Waals surface area contributed by atoms with Crippen LogP contribution >= 0.6 is 0 Å². The quantitative estimate of drug-likeness (QED) is 0.719. The fraction of sp³-hybridized carbons (Fsp3) is 0.417. The fourth-order valence-corrected chi connectivity index (χ4v) is 2.03. The summed E-state index contributed by atoms with van der Waals surface area (Å²) in [6.45, 7) is 2.73. The summed E-state index contributed by atoms with van der Waals surface area (Å²) < 4.78 is 0. The molecule has 2 rings (SSSR count). The van der Waals surface area contributed by atoms with E-state index in [1.54, 1.807) is 17.9 Å². The zero-order valence-corrected chi connectivity index (χ0v) is 9.31. The van der Waals surface area contributed by atoms with Crippen molar-refractivity contribution in [1.82, 2.24) is 4.90 Å². The molecule has 16 heavy (non-hydrogen) atoms. The molecule has 4 nitrogen and oxygen atoms in total. The molecule has 1 unspecified atom stereocenters. The summed E-state index contributed by atoms with van der Waals surface area (Å²) in [7, 11) is 0. The lowest BCUT2D eigenvalue weighted by molar-refractivity contribution is 0.0630. The van der Waals surface area contributed by atoms with Crippen LogP contribution in [0.25, 0.3) is 0 Å². The van der Waals surface area contributed by atoms with E-state index in [0.29, 0.717) is 24.3 Å². The van der Waals surface area contributed by atoms with E-state index in [0.717, 1.165) is 12.0 Å². The molecule has 0 saturated carbocycles. The van der Waals surface area contributed by atoms with Crippen molar-refractivity contribution in [2.45, 2.75) is 19.4 Å². The summed E-state index contributed by atoms with van der Waals surface area (Å²) in [5.41, 5.74) is 7.99. The second-order valence-electron chi connectivity index (χ2n) is 4.27. The van der Waals surface area contributed by atoms with Gasteiger partial charge in [-0.25, -0.2) is 0 Å². The SMILES string of the molecule is CC(O)CN1CCc2ccc(N)cc2C1=O. The molecule has 1 aromatic carbocycles. The van der Waals surface area contributed by atoms with E-state index in [4.69, 9.17) is 5.73 Å². The smallest absolute Gasteiger partial charge is 0.254 e. The molecular formula is C12H16N2O2. The molecule has 1 heterocycles. The number of rotatable bonds is 2. The molecule has 86 valence electrons. The molecular weight excluding hydrogens is 204 g/mol. The summed E-state index contributed by atoms with van der Waals surface area (Å²) >= 11 is 0. The summed E-state index contributed by atoms with van der Waals surface area (Å²) in [5, 5.41) is 9.31. The molecule has 0 radical (unpaired) electrons. The first-order valence-corrected chi connectivity index (χ1v) is 5.43. The van der Waals surface area contributed by atoms with Gasteiger partial charge < -0.3 is 15.7 Å². The Balaban J connectivity index is 2.27. The first kappa shape index (κ1) is 11.0. The van der Waals surface area contributed by atoms with Gasteiger partial charge in [-0.1, -0.05) is 6.07 Å². The molecule has 0 bridgehead atoms. The van der Waals surface area contributed by atoms with E-state index >= 15 is 0 Å². The third kappa shape index (κ3) is 2.02. The molecule has 1 aliphatic heterocycles. The summed E-state index contributed by atoms with van der Waals surface area (Å²) in [6, 6.07) is 5.44. The number of nitrogens with two attached hydrogens (primary N) is 1. The number of carbonyl (C=O) groups is 1. The molecule has 4 heteroatoms. The number of carbonyl (C=O) groups excluding carboxylic acids is 1. The van der Waals surface area contributed by atoms with E-state index < -0.39 is 6.10 Å². The maximum absolute atomic E-state index is 12.1. The molecule has 1 amide bonds. The molecule has 0 aromatic heterocycles. The second-order valence-corrected chi connectivity index (χ2v) is 4.27. The number of hydrogen-bond donors (Lipinski definition) is 2. The van der Waals surface area contributed by atoms with Crippen LogP contribution < -0.4 is 5.73 Å². The number of aliphatic hydroxyl groups is 1. The number of anilines is 1. The Morgan fingerprint density at radius 1 is 1.56 bits per heavy atom. The maximum Gasteiger partial charge on any atom is 0.254 e. The van der Waals surface area contributed by atoms with Crippen molar-refractivity contribution in [2.75, 3.05) is 18.8 Å². The zero-order valence-electron chi connectivity index (χ0n) is 9.31. The first-order chi connectivity index (χ1) is 7.58. The minimum absolute atomic E-state index is 0.0329. The van der Waals surface area contributed by atoms with Gasteiger partial charge in [0.1, 0.15) is 0 Å². The van der Waals surface area contributed by atoms with Crippen molar-refractivity contribution in [3.05, 3.63) is 29.3 Å². The van der Waals surface area contributed by atoms with Crippen molar-refractivity contribution in [3.63, 3.8) is 0 Å². The first-order valence-electron chi connectivity index (χ1n) is 5.43. The average molecular weight is 220 g/mol. The van der Waals surface area contributed by atoms with Gasteiger partial charge in [0, 0.05) is 24.3 Å². The normalized spacial score (nSPS) is 17.1. The molecule has 1 atom stereocenters. The number of nitrogens with zero attached hydrogens (tertiary/aromatic N) is 1. The van der Waals surface area contributed by atoms with E-state index in [1.807, 2.05) is 12.1 Å². The van der Waals surface area contributed by atoms with Crippen molar-refractivity contribution >= 4 is 11.6 Å². The van der Waals surface area contributed by atoms with Crippen molar-refractivity contribution in [2.24, 2.45) is 0 Å². The molecule has 0 fully saturated rings. The minimum atomic E-state index is -0.494. The van der Waals surface area contributed by atoms with Gasteiger partial charge in [-0.2, -0.15) is 0 Å². The Labute approximate surface area is 94.7 Å². The highest BCUT2D eigenvalue weighted by Crippen LogP contribution is 2.21. The Hall–Kier alpha value is -1.55. The van der Waals surface area contributed by atoms with Gasteiger partial charge >= 0.3 is 0 Å². The van der Waals surface area contributed by atoms with E-state index in [9.17, 15) is 9.90 Å². The lowest BCUT2D eigenvalue weighted by Gasteiger charge is -2.29. The van der Waals surface area contributed by atoms with Crippen molar-refractivity contribution < 1.29 is 9.90 Å². The zero-order chi connectivity index (χ0) is 11.7. The standard InChI is InChI=1S/C12H16N2O2/c1-8(15)7-14-5-4-9-2-3-10(13)6-11(9)12(14)16/h2-3,6,8,15H,4-5,7,13H2,1H3. The molecule has 3 N–H and O–H groups in total. The third-order valence-electron chi connectivity index (χ3n) is 2.79. The van der Waals surface area contributed by atoms with Crippen LogP contribution in [0.2, 0.25) is 0 Å². The van der Waals surface area contributed by atoms with Crippen LogP contribution in [0.3, 0.4) is 0 Å². The van der Waals surface area contributed by atoms with Gasteiger partial charge in [0.05, 0.1) is 6.10 Å². The number of β-amino-alcohol motifs (C(OH)–C–C–N with tert-alkyl or cyclic N) is 1. The lowest BCUT2D eigenvalue weighted by Crippen LogP contribution is -2.41. The van der Waals surface area contributed by atoms with E-state index in [2.05, 4.69) is 0 Å². The average Bonchev–Trinajstić information content (AvgIpc) is 2.22. The Morgan fingerprint density at radius 3 is 3.00 bits per heavy atom. The molecule has 1 aliphatic rings. The van der Waals surface area contributed by atoms with Crippen LogP contribution in [0.4, 0.5) is 5.69 Å². The third-order valence-corrected chi connectivity index (χ3v) is 2.79. The van der Waals surface area contributed by atoms with Gasteiger partial charge in [0.25, 0.3) is 5.91 Å². The highest BCUT2D eigenvalue weighted by atomic mass is 16.3. The number of aliphatic hydroxyl groups excluding tert-OH is 1. The van der Waals surface area contributed by atoms with Crippen LogP contribution in [0.5, 0.6) is 0 Å².